The minimum Gasteiger partial charge on any atom is -0.496 e. The molecule has 0 spiro atoms. The zero-order valence-corrected chi connectivity index (χ0v) is 38.3. The van der Waals surface area contributed by atoms with Gasteiger partial charge in [0, 0.05) is 55.9 Å². The number of benzene rings is 3. The van der Waals surface area contributed by atoms with Gasteiger partial charge >= 0.3 is 12.1 Å². The molecule has 4 heterocycles. The number of likely N-dealkylation sites (tertiary alicyclic amines) is 1. The number of aromatic nitrogens is 5. The number of aliphatic hydroxyl groups is 1. The number of carbonyl (C=O) groups excluding carboxylic acids is 1. The summed E-state index contributed by atoms with van der Waals surface area (Å²) in [5.41, 5.74) is 4.86. The van der Waals surface area contributed by atoms with Crippen molar-refractivity contribution in [3.05, 3.63) is 89.5 Å². The number of alkyl halides is 2. The largest absolute Gasteiger partial charge is 0.496 e. The van der Waals surface area contributed by atoms with Gasteiger partial charge in [-0.3, -0.25) is 19.6 Å². The second-order valence-electron chi connectivity index (χ2n) is 18.2. The van der Waals surface area contributed by atoms with Crippen LogP contribution in [0, 0.1) is 12.8 Å². The Morgan fingerprint density at radius 3 is 2.27 bits per heavy atom. The van der Waals surface area contributed by atoms with Gasteiger partial charge in [-0.15, -0.1) is 0 Å². The van der Waals surface area contributed by atoms with E-state index in [0.29, 0.717) is 72.9 Å². The average Bonchev–Trinajstić information content (AvgIpc) is 3.92. The molecule has 66 heavy (non-hydrogen) atoms. The van der Waals surface area contributed by atoms with Crippen molar-refractivity contribution in [1.29, 1.82) is 0 Å². The smallest absolute Gasteiger partial charge is 0.420 e. The topological polar surface area (TPSA) is 168 Å². The van der Waals surface area contributed by atoms with Crippen LogP contribution in [0.2, 0.25) is 0 Å². The molecule has 1 atom stereocenters. The Hall–Kier alpha value is -6.30. The second kappa shape index (κ2) is 18.9. The van der Waals surface area contributed by atoms with Crippen molar-refractivity contribution in [2.24, 2.45) is 5.92 Å². The molecule has 0 radical (unpaired) electrons. The van der Waals surface area contributed by atoms with Gasteiger partial charge in [-0.25, -0.2) is 33.1 Å². The maximum Gasteiger partial charge on any atom is 0.420 e. The lowest BCUT2D eigenvalue weighted by Crippen LogP contribution is -2.36. The third-order valence-electron chi connectivity index (χ3n) is 12.6. The number of hydrogen-bond donors (Lipinski definition) is 2. The van der Waals surface area contributed by atoms with E-state index in [2.05, 4.69) is 19.8 Å². The number of carboxylic acids is 1. The lowest BCUT2D eigenvalue weighted by molar-refractivity contribution is -0.143. The van der Waals surface area contributed by atoms with Gasteiger partial charge in [0.25, 0.3) is 6.43 Å². The highest BCUT2D eigenvalue weighted by atomic mass is 19.3. The van der Waals surface area contributed by atoms with Crippen molar-refractivity contribution in [1.82, 2.24) is 34.5 Å². The number of halogens is 2. The van der Waals surface area contributed by atoms with E-state index in [1.165, 1.54) is 4.90 Å². The number of aliphatic carboxylic acids is 1. The van der Waals surface area contributed by atoms with Crippen LogP contribution in [0.25, 0.3) is 38.8 Å². The molecule has 1 aliphatic carbocycles. The number of hydrogen-bond acceptors (Lipinski definition) is 12. The first-order chi connectivity index (χ1) is 31.5. The van der Waals surface area contributed by atoms with E-state index in [-0.39, 0.29) is 34.9 Å². The molecule has 1 saturated heterocycles. The Kier molecular flexibility index (Phi) is 13.2. The molecule has 0 bridgehead atoms. The molecule has 0 unspecified atom stereocenters. The molecule has 6 aromatic rings. The number of fused-ring (bicyclic) bond motifs is 2. The number of aliphatic hydroxyl groups excluding tert-OH is 1. The van der Waals surface area contributed by atoms with Crippen molar-refractivity contribution in [3.63, 3.8) is 0 Å². The normalized spacial score (nSPS) is 18.1. The molecule has 8 rings (SSSR count). The number of nitrogens with zero attached hydrogens (tertiary/aromatic N) is 8. The highest BCUT2D eigenvalue weighted by molar-refractivity contribution is 6.05. The minimum atomic E-state index is -3.07. The van der Waals surface area contributed by atoms with Gasteiger partial charge in [-0.05, 0) is 107 Å². The fourth-order valence-corrected chi connectivity index (χ4v) is 9.27. The molecule has 17 heteroatoms. The van der Waals surface area contributed by atoms with Crippen LogP contribution in [0.15, 0.2) is 67.0 Å². The van der Waals surface area contributed by atoms with Gasteiger partial charge < -0.3 is 24.4 Å². The maximum absolute atomic E-state index is 14.7. The number of anilines is 2. The van der Waals surface area contributed by atoms with E-state index in [4.69, 9.17) is 24.3 Å². The molecule has 1 aliphatic heterocycles. The Balaban J connectivity index is 1.18. The van der Waals surface area contributed by atoms with Crippen LogP contribution in [0.3, 0.4) is 0 Å². The van der Waals surface area contributed by atoms with Crippen molar-refractivity contribution >= 4 is 45.5 Å². The second-order valence-corrected chi connectivity index (χ2v) is 18.2. The van der Waals surface area contributed by atoms with E-state index >= 15 is 0 Å². The Bertz CT molecular complexity index is 2740. The zero-order valence-electron chi connectivity index (χ0n) is 38.3. The first-order valence-corrected chi connectivity index (χ1v) is 22.2. The molecule has 2 N–H and O–H groups in total. The van der Waals surface area contributed by atoms with Crippen LogP contribution in [-0.4, -0.2) is 109 Å². The van der Waals surface area contributed by atoms with E-state index in [1.54, 1.807) is 70.3 Å². The predicted molar refractivity (Wildman–Crippen MR) is 246 cm³/mol. The molecular formula is C49H56F2N8O7. The highest BCUT2D eigenvalue weighted by Crippen LogP contribution is 2.41. The van der Waals surface area contributed by atoms with Crippen molar-refractivity contribution in [3.8, 4) is 28.3 Å². The molecule has 1 amide bonds. The summed E-state index contributed by atoms with van der Waals surface area (Å²) in [7, 11) is 5.18. The summed E-state index contributed by atoms with van der Waals surface area (Å²) in [6.45, 7) is 9.32. The predicted octanol–water partition coefficient (Wildman–Crippen LogP) is 9.01. The molecule has 1 saturated carbocycles. The number of rotatable bonds is 13. The lowest BCUT2D eigenvalue weighted by Gasteiger charge is -2.33. The standard InChI is InChI=1S/C49H56F2N8O7/c1-28-34(35-11-9-13-40-36(35)24-53-59(40)32-21-41(64-6)37(42(22-32)65-7)27-57-19-18-33(60)26-57)10-8-12-39(28)58(48(63)66-49(2,3)4)46-43-38(54-45(55-46)44(50)51)20-29(23-52-43)25-56(5)31-16-14-30(15-17-31)47(61)62/h8-13,20-24,30-31,33,44,60H,14-19,25-27H2,1-7H3,(H,61,62)/t30?,31?,33-/m1/s1. The third kappa shape index (κ3) is 9.50. The molecular weight excluding hydrogens is 851 g/mol. The molecule has 348 valence electrons. The van der Waals surface area contributed by atoms with E-state index < -0.39 is 29.9 Å². The summed E-state index contributed by atoms with van der Waals surface area (Å²) in [6, 6.07) is 16.9. The number of β-amino-alcohol motifs (C(OH)–C–C–N with tert-alkyl or cyclic N) is 1. The number of amides is 1. The third-order valence-corrected chi connectivity index (χ3v) is 12.6. The van der Waals surface area contributed by atoms with Crippen LogP contribution in [0.1, 0.15) is 81.8 Å². The van der Waals surface area contributed by atoms with Crippen LogP contribution in [-0.2, 0) is 22.6 Å². The number of carbonyl (C=O) groups is 2. The van der Waals surface area contributed by atoms with E-state index in [9.17, 15) is 28.6 Å². The molecule has 2 fully saturated rings. The Labute approximate surface area is 381 Å². The van der Waals surface area contributed by atoms with Crippen LogP contribution in [0.5, 0.6) is 11.5 Å². The van der Waals surface area contributed by atoms with E-state index in [0.717, 1.165) is 47.0 Å². The number of methoxy groups -OCH3 is 2. The average molecular weight is 907 g/mol. The lowest BCUT2D eigenvalue weighted by atomic mass is 9.85. The summed E-state index contributed by atoms with van der Waals surface area (Å²) >= 11 is 0. The Morgan fingerprint density at radius 2 is 1.64 bits per heavy atom. The van der Waals surface area contributed by atoms with Gasteiger partial charge in [0.05, 0.1) is 60.4 Å². The van der Waals surface area contributed by atoms with Crippen LogP contribution < -0.4 is 14.4 Å². The van der Waals surface area contributed by atoms with E-state index in [1.807, 2.05) is 50.4 Å². The number of ether oxygens (including phenoxy) is 3. The fourth-order valence-electron chi connectivity index (χ4n) is 9.27. The van der Waals surface area contributed by atoms with Gasteiger partial charge in [0.1, 0.15) is 22.6 Å². The highest BCUT2D eigenvalue weighted by Gasteiger charge is 2.33. The quantitative estimate of drug-likeness (QED) is 0.113. The first kappa shape index (κ1) is 46.2. The first-order valence-electron chi connectivity index (χ1n) is 22.2. The van der Waals surface area contributed by atoms with Gasteiger partial charge in [-0.1, -0.05) is 24.3 Å². The molecule has 15 nitrogen and oxygen atoms in total. The SMILES string of the molecule is COc1cc(-n2ncc3c(-c4cccc(N(C(=O)OC(C)(C)C)c5nc(C(F)F)nc6cc(CN(C)C7CCC(C(=O)O)CC7)cnc56)c4C)cccc32)cc(OC)c1CN1CC[C@@H](O)C1. The van der Waals surface area contributed by atoms with Crippen molar-refractivity contribution in [2.75, 3.05) is 39.3 Å². The van der Waals surface area contributed by atoms with Gasteiger partial charge in [0.15, 0.2) is 11.6 Å². The maximum atomic E-state index is 14.7. The summed E-state index contributed by atoms with van der Waals surface area (Å²) in [4.78, 5) is 44.8. The summed E-state index contributed by atoms with van der Waals surface area (Å²) in [5, 5.41) is 25.2. The summed E-state index contributed by atoms with van der Waals surface area (Å²) in [6.07, 6.45) is 2.45. The summed E-state index contributed by atoms with van der Waals surface area (Å²) in [5.74, 6) is -0.805. The number of carboxylic acid groups (broad SMARTS) is 1. The van der Waals surface area contributed by atoms with Crippen LogP contribution in [0.4, 0.5) is 25.1 Å². The molecule has 3 aromatic heterocycles. The molecule has 2 aliphatic rings. The molecule has 3 aromatic carbocycles. The van der Waals surface area contributed by atoms with Crippen molar-refractivity contribution in [2.45, 2.75) is 97.1 Å². The van der Waals surface area contributed by atoms with Crippen molar-refractivity contribution < 1.29 is 42.8 Å². The monoisotopic (exact) mass is 906 g/mol. The van der Waals surface area contributed by atoms with Crippen LogP contribution >= 0.6 is 0 Å². The Morgan fingerprint density at radius 1 is 0.939 bits per heavy atom. The zero-order chi connectivity index (χ0) is 47.0. The van der Waals surface area contributed by atoms with Gasteiger partial charge in [-0.2, -0.15) is 5.10 Å². The van der Waals surface area contributed by atoms with Gasteiger partial charge in [0.2, 0.25) is 0 Å². The fraction of sp³-hybridized carbons (Fsp3) is 0.429. The summed E-state index contributed by atoms with van der Waals surface area (Å²) < 4.78 is 49.0. The minimum absolute atomic E-state index is 0.127. The number of pyridine rings is 1.